The molecule has 0 N–H and O–H groups in total. The summed E-state index contributed by atoms with van der Waals surface area (Å²) >= 11 is 0. The Kier molecular flexibility index (Phi) is 2.04. The predicted octanol–water partition coefficient (Wildman–Crippen LogP) is 2.44. The van der Waals surface area contributed by atoms with Crippen molar-refractivity contribution in [3.63, 3.8) is 0 Å². The van der Waals surface area contributed by atoms with Crippen LogP contribution in [0.3, 0.4) is 0 Å². The summed E-state index contributed by atoms with van der Waals surface area (Å²) in [6, 6.07) is 6.03. The van der Waals surface area contributed by atoms with Crippen LogP contribution in [0.15, 0.2) is 24.5 Å². The third-order valence-corrected chi connectivity index (χ3v) is 3.16. The summed E-state index contributed by atoms with van der Waals surface area (Å²) in [6.45, 7) is 2.00. The highest BCUT2D eigenvalue weighted by Gasteiger charge is 2.12. The molecule has 86 valence electrons. The van der Waals surface area contributed by atoms with Crippen molar-refractivity contribution in [1.82, 2.24) is 14.5 Å². The molecule has 2 aromatic heterocycles. The van der Waals surface area contributed by atoms with Crippen molar-refractivity contribution in [3.05, 3.63) is 30.2 Å². The van der Waals surface area contributed by atoms with Gasteiger partial charge in [-0.2, -0.15) is 0 Å². The van der Waals surface area contributed by atoms with E-state index in [-0.39, 0.29) is 0 Å². The molecule has 0 amide bonds. The van der Waals surface area contributed by atoms with Crippen molar-refractivity contribution in [2.24, 2.45) is 7.05 Å². The molecule has 0 atom stereocenters. The Labute approximate surface area is 98.9 Å². The van der Waals surface area contributed by atoms with E-state index in [0.29, 0.717) is 0 Å². The molecule has 2 heterocycles. The zero-order chi connectivity index (χ0) is 12.0. The van der Waals surface area contributed by atoms with Crippen LogP contribution in [0.5, 0.6) is 5.75 Å². The Bertz CT molecular complexity index is 715. The fourth-order valence-corrected chi connectivity index (χ4v) is 2.31. The number of aryl methyl sites for hydroxylation is 2. The first kappa shape index (κ1) is 10.1. The van der Waals surface area contributed by atoms with Gasteiger partial charge in [-0.15, -0.1) is 0 Å². The van der Waals surface area contributed by atoms with Crippen LogP contribution in [0.1, 0.15) is 5.69 Å². The lowest BCUT2D eigenvalue weighted by Crippen LogP contribution is -1.92. The molecule has 0 spiro atoms. The van der Waals surface area contributed by atoms with Gasteiger partial charge in [0.1, 0.15) is 12.1 Å². The number of nitrogens with zero attached hydrogens (tertiary/aromatic N) is 3. The number of rotatable bonds is 1. The highest BCUT2D eigenvalue weighted by molar-refractivity contribution is 6.06. The summed E-state index contributed by atoms with van der Waals surface area (Å²) in [7, 11) is 3.71. The third kappa shape index (κ3) is 1.30. The van der Waals surface area contributed by atoms with Gasteiger partial charge in [-0.3, -0.25) is 0 Å². The van der Waals surface area contributed by atoms with Gasteiger partial charge in [-0.1, -0.05) is 0 Å². The van der Waals surface area contributed by atoms with Crippen LogP contribution in [0.2, 0.25) is 0 Å². The fourth-order valence-electron chi connectivity index (χ4n) is 2.31. The van der Waals surface area contributed by atoms with Gasteiger partial charge in [0, 0.05) is 12.4 Å². The minimum absolute atomic E-state index is 0.848. The van der Waals surface area contributed by atoms with Crippen molar-refractivity contribution >= 4 is 21.9 Å². The fraction of sp³-hybridized carbons (Fsp3) is 0.231. The van der Waals surface area contributed by atoms with Crippen LogP contribution >= 0.6 is 0 Å². The lowest BCUT2D eigenvalue weighted by atomic mass is 10.2. The molecule has 3 aromatic rings. The van der Waals surface area contributed by atoms with Crippen molar-refractivity contribution in [3.8, 4) is 5.75 Å². The van der Waals surface area contributed by atoms with Crippen molar-refractivity contribution < 1.29 is 4.74 Å². The van der Waals surface area contributed by atoms with Gasteiger partial charge < -0.3 is 9.30 Å². The van der Waals surface area contributed by atoms with E-state index in [1.807, 2.05) is 26.1 Å². The van der Waals surface area contributed by atoms with E-state index in [2.05, 4.69) is 20.6 Å². The molecule has 0 aliphatic heterocycles. The number of aromatic nitrogens is 3. The average molecular weight is 227 g/mol. The lowest BCUT2D eigenvalue weighted by molar-refractivity contribution is 0.415. The van der Waals surface area contributed by atoms with E-state index in [9.17, 15) is 0 Å². The molecular weight excluding hydrogens is 214 g/mol. The second-order valence-corrected chi connectivity index (χ2v) is 4.10. The molecule has 1 aromatic carbocycles. The molecule has 4 heteroatoms. The van der Waals surface area contributed by atoms with Gasteiger partial charge in [-0.25, -0.2) is 9.97 Å². The van der Waals surface area contributed by atoms with E-state index in [0.717, 1.165) is 33.4 Å². The van der Waals surface area contributed by atoms with Crippen LogP contribution in [0, 0.1) is 6.92 Å². The largest absolute Gasteiger partial charge is 0.497 e. The Balaban J connectivity index is 2.55. The monoisotopic (exact) mass is 227 g/mol. The van der Waals surface area contributed by atoms with Gasteiger partial charge in [0.15, 0.2) is 0 Å². The number of ether oxygens (including phenoxy) is 1. The number of hydrogen-bond donors (Lipinski definition) is 0. The second kappa shape index (κ2) is 3.45. The molecule has 0 saturated carbocycles. The van der Waals surface area contributed by atoms with Crippen molar-refractivity contribution in [2.45, 2.75) is 6.92 Å². The standard InChI is InChI=1S/C13H13N3O/c1-8-13-12(15-7-14-8)10-6-9(17-3)4-5-11(10)16(13)2/h4-7H,1-3H3. The maximum Gasteiger partial charge on any atom is 0.119 e. The summed E-state index contributed by atoms with van der Waals surface area (Å²) in [5.41, 5.74) is 4.20. The highest BCUT2D eigenvalue weighted by Crippen LogP contribution is 2.30. The Morgan fingerprint density at radius 3 is 2.82 bits per heavy atom. The number of benzene rings is 1. The minimum Gasteiger partial charge on any atom is -0.497 e. The molecule has 0 bridgehead atoms. The molecule has 17 heavy (non-hydrogen) atoms. The van der Waals surface area contributed by atoms with Crippen LogP contribution in [-0.4, -0.2) is 21.6 Å². The summed E-state index contributed by atoms with van der Waals surface area (Å²) in [6.07, 6.45) is 1.61. The Morgan fingerprint density at radius 1 is 1.24 bits per heavy atom. The molecule has 3 rings (SSSR count). The van der Waals surface area contributed by atoms with Gasteiger partial charge in [-0.05, 0) is 25.1 Å². The molecule has 0 aliphatic rings. The Morgan fingerprint density at radius 2 is 2.06 bits per heavy atom. The lowest BCUT2D eigenvalue weighted by Gasteiger charge is -2.00. The summed E-state index contributed by atoms with van der Waals surface area (Å²) < 4.78 is 7.38. The van der Waals surface area contributed by atoms with Crippen LogP contribution < -0.4 is 4.74 Å². The van der Waals surface area contributed by atoms with Crippen LogP contribution in [-0.2, 0) is 7.05 Å². The van der Waals surface area contributed by atoms with E-state index in [1.54, 1.807) is 13.4 Å². The summed E-state index contributed by atoms with van der Waals surface area (Å²) in [4.78, 5) is 8.62. The first-order valence-electron chi connectivity index (χ1n) is 5.46. The van der Waals surface area contributed by atoms with Crippen LogP contribution in [0.25, 0.3) is 21.9 Å². The highest BCUT2D eigenvalue weighted by atomic mass is 16.5. The van der Waals surface area contributed by atoms with E-state index in [4.69, 9.17) is 4.74 Å². The minimum atomic E-state index is 0.848. The maximum atomic E-state index is 5.26. The number of hydrogen-bond acceptors (Lipinski definition) is 3. The van der Waals surface area contributed by atoms with Gasteiger partial charge in [0.2, 0.25) is 0 Å². The van der Waals surface area contributed by atoms with Gasteiger partial charge in [0.25, 0.3) is 0 Å². The molecular formula is C13H13N3O. The molecule has 0 radical (unpaired) electrons. The predicted molar refractivity (Wildman–Crippen MR) is 67.3 cm³/mol. The van der Waals surface area contributed by atoms with Crippen molar-refractivity contribution in [1.29, 1.82) is 0 Å². The topological polar surface area (TPSA) is 39.9 Å². The summed E-state index contributed by atoms with van der Waals surface area (Å²) in [5.74, 6) is 0.848. The zero-order valence-corrected chi connectivity index (χ0v) is 10.1. The van der Waals surface area contributed by atoms with E-state index >= 15 is 0 Å². The van der Waals surface area contributed by atoms with E-state index < -0.39 is 0 Å². The molecule has 4 nitrogen and oxygen atoms in total. The average Bonchev–Trinajstić information content (AvgIpc) is 2.64. The molecule has 0 fully saturated rings. The smallest absolute Gasteiger partial charge is 0.119 e. The van der Waals surface area contributed by atoms with Gasteiger partial charge in [0.05, 0.1) is 29.4 Å². The van der Waals surface area contributed by atoms with Gasteiger partial charge >= 0.3 is 0 Å². The second-order valence-electron chi connectivity index (χ2n) is 4.10. The zero-order valence-electron chi connectivity index (χ0n) is 10.1. The molecule has 0 unspecified atom stereocenters. The summed E-state index contributed by atoms with van der Waals surface area (Å²) in [5, 5.41) is 1.10. The first-order chi connectivity index (χ1) is 8.22. The maximum absolute atomic E-state index is 5.26. The van der Waals surface area contributed by atoms with Crippen molar-refractivity contribution in [2.75, 3.05) is 7.11 Å². The molecule has 0 saturated heterocycles. The van der Waals surface area contributed by atoms with E-state index in [1.165, 1.54) is 0 Å². The number of methoxy groups -OCH3 is 1. The SMILES string of the molecule is COc1ccc2c(c1)c1ncnc(C)c1n2C. The van der Waals surface area contributed by atoms with Crippen LogP contribution in [0.4, 0.5) is 0 Å². The quantitative estimate of drug-likeness (QED) is 0.641. The first-order valence-corrected chi connectivity index (χ1v) is 5.46. The third-order valence-electron chi connectivity index (χ3n) is 3.16. The Hall–Kier alpha value is -2.10. The normalized spacial score (nSPS) is 11.2. The molecule has 0 aliphatic carbocycles. The number of fused-ring (bicyclic) bond motifs is 3.